The standard InChI is InChI=1S/C24H31NO/c1-2-8-22(19-9-4-3-5-10-19)20-15-13-18(14-16-20)17-21-11-6-7-12-23(21)24(25)26/h6-7,11-16,19,22H,2-5,8-10,17H2,1H3,(H2,25,26). The Bertz CT molecular complexity index is 713. The molecule has 1 atom stereocenters. The van der Waals surface area contributed by atoms with Crippen molar-refractivity contribution in [2.75, 3.05) is 0 Å². The molecule has 1 aliphatic carbocycles. The maximum Gasteiger partial charge on any atom is 0.248 e. The van der Waals surface area contributed by atoms with Crippen molar-refractivity contribution in [2.45, 2.75) is 64.2 Å². The summed E-state index contributed by atoms with van der Waals surface area (Å²) in [6.45, 7) is 2.30. The maximum absolute atomic E-state index is 11.6. The highest BCUT2D eigenvalue weighted by molar-refractivity contribution is 5.94. The van der Waals surface area contributed by atoms with Crippen LogP contribution < -0.4 is 5.73 Å². The van der Waals surface area contributed by atoms with E-state index in [0.29, 0.717) is 11.5 Å². The van der Waals surface area contributed by atoms with Crippen LogP contribution in [0, 0.1) is 5.92 Å². The van der Waals surface area contributed by atoms with Crippen LogP contribution in [0.3, 0.4) is 0 Å². The van der Waals surface area contributed by atoms with Crippen LogP contribution in [0.5, 0.6) is 0 Å². The number of benzene rings is 2. The van der Waals surface area contributed by atoms with Crippen LogP contribution >= 0.6 is 0 Å². The van der Waals surface area contributed by atoms with Gasteiger partial charge in [-0.1, -0.05) is 75.1 Å². The maximum atomic E-state index is 11.6. The molecule has 1 fully saturated rings. The van der Waals surface area contributed by atoms with Gasteiger partial charge in [0, 0.05) is 5.56 Å². The van der Waals surface area contributed by atoms with Crippen LogP contribution in [0.2, 0.25) is 0 Å². The van der Waals surface area contributed by atoms with Gasteiger partial charge in [-0.15, -0.1) is 0 Å². The monoisotopic (exact) mass is 349 g/mol. The van der Waals surface area contributed by atoms with Gasteiger partial charge in [0.25, 0.3) is 0 Å². The lowest BCUT2D eigenvalue weighted by Crippen LogP contribution is -2.16. The summed E-state index contributed by atoms with van der Waals surface area (Å²) in [6.07, 6.45) is 10.3. The molecule has 3 rings (SSSR count). The second-order valence-corrected chi connectivity index (χ2v) is 7.73. The molecule has 2 heteroatoms. The molecule has 0 spiro atoms. The molecular formula is C24H31NO. The topological polar surface area (TPSA) is 43.1 Å². The van der Waals surface area contributed by atoms with E-state index in [0.717, 1.165) is 17.9 Å². The quantitative estimate of drug-likeness (QED) is 0.670. The van der Waals surface area contributed by atoms with Gasteiger partial charge in [-0.3, -0.25) is 4.79 Å². The van der Waals surface area contributed by atoms with E-state index in [1.165, 1.54) is 56.1 Å². The van der Waals surface area contributed by atoms with E-state index in [9.17, 15) is 4.79 Å². The van der Waals surface area contributed by atoms with E-state index in [4.69, 9.17) is 5.73 Å². The molecule has 0 heterocycles. The van der Waals surface area contributed by atoms with Crippen molar-refractivity contribution in [3.63, 3.8) is 0 Å². The first-order chi connectivity index (χ1) is 12.7. The van der Waals surface area contributed by atoms with Crippen LogP contribution in [0.15, 0.2) is 48.5 Å². The zero-order valence-corrected chi connectivity index (χ0v) is 15.9. The van der Waals surface area contributed by atoms with Crippen LogP contribution in [0.1, 0.15) is 84.8 Å². The van der Waals surface area contributed by atoms with Crippen LogP contribution in [0.25, 0.3) is 0 Å². The van der Waals surface area contributed by atoms with Crippen LogP contribution in [0.4, 0.5) is 0 Å². The van der Waals surface area contributed by atoms with Gasteiger partial charge in [-0.2, -0.15) is 0 Å². The molecule has 1 amide bonds. The summed E-state index contributed by atoms with van der Waals surface area (Å²) in [5, 5.41) is 0. The molecule has 0 aromatic heterocycles. The summed E-state index contributed by atoms with van der Waals surface area (Å²) in [5.74, 6) is 1.20. The first kappa shape index (κ1) is 18.7. The number of amides is 1. The Morgan fingerprint density at radius 2 is 1.73 bits per heavy atom. The van der Waals surface area contributed by atoms with E-state index in [-0.39, 0.29) is 5.91 Å². The lowest BCUT2D eigenvalue weighted by molar-refractivity contribution is 0.0999. The Labute approximate surface area is 157 Å². The highest BCUT2D eigenvalue weighted by atomic mass is 16.1. The molecule has 1 saturated carbocycles. The van der Waals surface area contributed by atoms with E-state index < -0.39 is 0 Å². The Kier molecular flexibility index (Phi) is 6.49. The summed E-state index contributed by atoms with van der Waals surface area (Å²) in [5.41, 5.74) is 9.87. The molecular weight excluding hydrogens is 318 g/mol. The molecule has 2 N–H and O–H groups in total. The number of primary amides is 1. The van der Waals surface area contributed by atoms with Crippen molar-refractivity contribution in [1.82, 2.24) is 0 Å². The summed E-state index contributed by atoms with van der Waals surface area (Å²) < 4.78 is 0. The number of hydrogen-bond donors (Lipinski definition) is 1. The van der Waals surface area contributed by atoms with Gasteiger partial charge in [0.1, 0.15) is 0 Å². The minimum Gasteiger partial charge on any atom is -0.366 e. The van der Waals surface area contributed by atoms with Gasteiger partial charge in [0.05, 0.1) is 0 Å². The van der Waals surface area contributed by atoms with Gasteiger partial charge < -0.3 is 5.73 Å². The third-order valence-electron chi connectivity index (χ3n) is 5.90. The number of carbonyl (C=O) groups excluding carboxylic acids is 1. The summed E-state index contributed by atoms with van der Waals surface area (Å²) in [4.78, 5) is 11.6. The van der Waals surface area contributed by atoms with Gasteiger partial charge in [-0.25, -0.2) is 0 Å². The lowest BCUT2D eigenvalue weighted by atomic mass is 9.75. The number of carbonyl (C=O) groups is 1. The molecule has 0 radical (unpaired) electrons. The predicted molar refractivity (Wildman–Crippen MR) is 108 cm³/mol. The van der Waals surface area contributed by atoms with Crippen LogP contribution in [-0.4, -0.2) is 5.91 Å². The second-order valence-electron chi connectivity index (χ2n) is 7.73. The molecule has 0 aliphatic heterocycles. The minimum atomic E-state index is -0.350. The average molecular weight is 350 g/mol. The van der Waals surface area contributed by atoms with Crippen molar-refractivity contribution in [2.24, 2.45) is 11.7 Å². The van der Waals surface area contributed by atoms with Crippen molar-refractivity contribution in [3.05, 3.63) is 70.8 Å². The molecule has 0 saturated heterocycles. The third kappa shape index (κ3) is 4.55. The average Bonchev–Trinajstić information content (AvgIpc) is 2.68. The van der Waals surface area contributed by atoms with Gasteiger partial charge >= 0.3 is 0 Å². The number of hydrogen-bond acceptors (Lipinski definition) is 1. The molecule has 2 aromatic rings. The highest BCUT2D eigenvalue weighted by Gasteiger charge is 2.24. The van der Waals surface area contributed by atoms with Gasteiger partial charge in [0.15, 0.2) is 0 Å². The van der Waals surface area contributed by atoms with E-state index in [1.54, 1.807) is 0 Å². The van der Waals surface area contributed by atoms with Crippen molar-refractivity contribution in [3.8, 4) is 0 Å². The molecule has 1 unspecified atom stereocenters. The smallest absolute Gasteiger partial charge is 0.248 e. The molecule has 26 heavy (non-hydrogen) atoms. The Morgan fingerprint density at radius 1 is 1.04 bits per heavy atom. The minimum absolute atomic E-state index is 0.350. The molecule has 138 valence electrons. The molecule has 0 bridgehead atoms. The number of rotatable bonds is 7. The fourth-order valence-electron chi connectivity index (χ4n) is 4.54. The first-order valence-electron chi connectivity index (χ1n) is 10.2. The largest absolute Gasteiger partial charge is 0.366 e. The van der Waals surface area contributed by atoms with Crippen LogP contribution in [-0.2, 0) is 6.42 Å². The SMILES string of the molecule is CCCC(c1ccc(Cc2ccccc2C(N)=O)cc1)C1CCCCC1. The Balaban J connectivity index is 1.76. The van der Waals surface area contributed by atoms with E-state index in [2.05, 4.69) is 31.2 Å². The Morgan fingerprint density at radius 3 is 2.38 bits per heavy atom. The van der Waals surface area contributed by atoms with E-state index >= 15 is 0 Å². The normalized spacial score (nSPS) is 16.3. The van der Waals surface area contributed by atoms with E-state index in [1.807, 2.05) is 24.3 Å². The fourth-order valence-corrected chi connectivity index (χ4v) is 4.54. The molecule has 2 aromatic carbocycles. The second kappa shape index (κ2) is 9.02. The molecule has 1 aliphatic rings. The predicted octanol–water partition coefficient (Wildman–Crippen LogP) is 5.84. The summed E-state index contributed by atoms with van der Waals surface area (Å²) >= 11 is 0. The van der Waals surface area contributed by atoms with Gasteiger partial charge in [-0.05, 0) is 60.3 Å². The first-order valence-corrected chi connectivity index (χ1v) is 10.2. The fraction of sp³-hybridized carbons (Fsp3) is 0.458. The third-order valence-corrected chi connectivity index (χ3v) is 5.90. The Hall–Kier alpha value is -2.09. The van der Waals surface area contributed by atoms with Gasteiger partial charge in [0.2, 0.25) is 5.91 Å². The van der Waals surface area contributed by atoms with Crippen molar-refractivity contribution < 1.29 is 4.79 Å². The zero-order chi connectivity index (χ0) is 18.4. The highest BCUT2D eigenvalue weighted by Crippen LogP contribution is 2.39. The summed E-state index contributed by atoms with van der Waals surface area (Å²) in [6, 6.07) is 16.7. The van der Waals surface area contributed by atoms with Crippen molar-refractivity contribution in [1.29, 1.82) is 0 Å². The lowest BCUT2D eigenvalue weighted by Gasteiger charge is -2.30. The zero-order valence-electron chi connectivity index (χ0n) is 15.9. The number of nitrogens with two attached hydrogens (primary N) is 1. The van der Waals surface area contributed by atoms with Crippen molar-refractivity contribution >= 4 is 5.91 Å². The summed E-state index contributed by atoms with van der Waals surface area (Å²) in [7, 11) is 0. The molecule has 2 nitrogen and oxygen atoms in total.